The summed E-state index contributed by atoms with van der Waals surface area (Å²) < 4.78 is 5.12. The third-order valence-electron chi connectivity index (χ3n) is 2.90. The number of benzene rings is 1. The largest absolute Gasteiger partial charge is 0.495 e. The normalized spacial score (nSPS) is 14.5. The van der Waals surface area contributed by atoms with E-state index in [2.05, 4.69) is 0 Å². The second-order valence-electron chi connectivity index (χ2n) is 4.40. The molecular formula is C13H19ClO3. The number of halogens is 1. The third-order valence-corrected chi connectivity index (χ3v) is 3.20. The van der Waals surface area contributed by atoms with Crippen LogP contribution in [-0.2, 0) is 5.60 Å². The summed E-state index contributed by atoms with van der Waals surface area (Å²) in [5.41, 5.74) is 0.717. The van der Waals surface area contributed by atoms with E-state index >= 15 is 0 Å². The van der Waals surface area contributed by atoms with E-state index in [1.165, 1.54) is 0 Å². The minimum atomic E-state index is -0.983. The Morgan fingerprint density at radius 2 is 2.06 bits per heavy atom. The summed E-state index contributed by atoms with van der Waals surface area (Å²) in [4.78, 5) is 0. The smallest absolute Gasteiger partial charge is 0.137 e. The summed E-state index contributed by atoms with van der Waals surface area (Å²) in [5.74, 6) is 0.603. The Balaban J connectivity index is 3.09. The number of hydrogen-bond donors (Lipinski definition) is 2. The van der Waals surface area contributed by atoms with Crippen LogP contribution in [0, 0.1) is 6.92 Å². The molecular weight excluding hydrogens is 240 g/mol. The van der Waals surface area contributed by atoms with Crippen LogP contribution in [0.2, 0.25) is 5.02 Å². The van der Waals surface area contributed by atoms with Crippen molar-refractivity contribution in [3.8, 4) is 5.75 Å². The van der Waals surface area contributed by atoms with Gasteiger partial charge in [-0.1, -0.05) is 11.6 Å². The van der Waals surface area contributed by atoms with E-state index in [1.54, 1.807) is 20.1 Å². The van der Waals surface area contributed by atoms with Gasteiger partial charge < -0.3 is 14.9 Å². The molecule has 0 saturated carbocycles. The van der Waals surface area contributed by atoms with Gasteiger partial charge in [0.25, 0.3) is 0 Å². The molecule has 1 aromatic rings. The van der Waals surface area contributed by atoms with Crippen LogP contribution in [0.4, 0.5) is 0 Å². The van der Waals surface area contributed by atoms with Crippen LogP contribution in [0.5, 0.6) is 5.75 Å². The van der Waals surface area contributed by atoms with Crippen LogP contribution < -0.4 is 4.74 Å². The molecule has 17 heavy (non-hydrogen) atoms. The Morgan fingerprint density at radius 3 is 2.59 bits per heavy atom. The molecule has 0 aliphatic heterocycles. The fourth-order valence-corrected chi connectivity index (χ4v) is 2.19. The zero-order chi connectivity index (χ0) is 13.1. The Bertz CT molecular complexity index is 388. The van der Waals surface area contributed by atoms with Gasteiger partial charge in [-0.2, -0.15) is 0 Å². The van der Waals surface area contributed by atoms with E-state index in [0.29, 0.717) is 23.6 Å². The standard InChI is InChI=1S/C13H19ClO3/c1-9-7-12(17-3)11(14)8-10(9)13(2,16)5-4-6-15/h7-8,15-16H,4-6H2,1-3H3. The van der Waals surface area contributed by atoms with Crippen LogP contribution in [-0.4, -0.2) is 23.9 Å². The number of methoxy groups -OCH3 is 1. The molecule has 0 saturated heterocycles. The molecule has 0 radical (unpaired) electrons. The summed E-state index contributed by atoms with van der Waals surface area (Å²) in [6.07, 6.45) is 1.04. The van der Waals surface area contributed by atoms with Gasteiger partial charge in [0.2, 0.25) is 0 Å². The van der Waals surface area contributed by atoms with Gasteiger partial charge in [0.15, 0.2) is 0 Å². The average molecular weight is 259 g/mol. The first kappa shape index (κ1) is 14.3. The van der Waals surface area contributed by atoms with E-state index in [9.17, 15) is 5.11 Å². The lowest BCUT2D eigenvalue weighted by atomic mass is 9.88. The van der Waals surface area contributed by atoms with Crippen LogP contribution in [0.15, 0.2) is 12.1 Å². The lowest BCUT2D eigenvalue weighted by molar-refractivity contribution is 0.0397. The first-order valence-electron chi connectivity index (χ1n) is 5.60. The summed E-state index contributed by atoms with van der Waals surface area (Å²) in [6, 6.07) is 3.54. The Labute approximate surface area is 107 Å². The first-order valence-corrected chi connectivity index (χ1v) is 5.98. The number of aliphatic hydroxyl groups is 2. The van der Waals surface area contributed by atoms with Crippen molar-refractivity contribution in [3.63, 3.8) is 0 Å². The lowest BCUT2D eigenvalue weighted by Crippen LogP contribution is -2.22. The zero-order valence-electron chi connectivity index (χ0n) is 10.5. The SMILES string of the molecule is COc1cc(C)c(C(C)(O)CCCO)cc1Cl. The van der Waals surface area contributed by atoms with Gasteiger partial charge in [-0.15, -0.1) is 0 Å². The quantitative estimate of drug-likeness (QED) is 0.854. The molecule has 0 heterocycles. The number of rotatable bonds is 5. The number of aryl methyl sites for hydroxylation is 1. The van der Waals surface area contributed by atoms with Crippen molar-refractivity contribution in [1.82, 2.24) is 0 Å². The molecule has 0 aromatic heterocycles. The monoisotopic (exact) mass is 258 g/mol. The predicted molar refractivity (Wildman–Crippen MR) is 68.6 cm³/mol. The molecule has 0 fully saturated rings. The lowest BCUT2D eigenvalue weighted by Gasteiger charge is -2.26. The van der Waals surface area contributed by atoms with Crippen molar-refractivity contribution in [2.24, 2.45) is 0 Å². The molecule has 1 atom stereocenters. The fraction of sp³-hybridized carbons (Fsp3) is 0.538. The highest BCUT2D eigenvalue weighted by atomic mass is 35.5. The van der Waals surface area contributed by atoms with Gasteiger partial charge in [0, 0.05) is 6.61 Å². The summed E-state index contributed by atoms with van der Waals surface area (Å²) in [7, 11) is 1.56. The van der Waals surface area contributed by atoms with Gasteiger partial charge in [-0.3, -0.25) is 0 Å². The van der Waals surface area contributed by atoms with Gasteiger partial charge in [-0.25, -0.2) is 0 Å². The maximum atomic E-state index is 10.4. The van der Waals surface area contributed by atoms with Gasteiger partial charge in [-0.05, 0) is 49.9 Å². The second kappa shape index (κ2) is 5.71. The summed E-state index contributed by atoms with van der Waals surface area (Å²) in [6.45, 7) is 3.70. The number of hydrogen-bond acceptors (Lipinski definition) is 3. The molecule has 3 nitrogen and oxygen atoms in total. The van der Waals surface area contributed by atoms with Crippen molar-refractivity contribution >= 4 is 11.6 Å². The van der Waals surface area contributed by atoms with Crippen molar-refractivity contribution < 1.29 is 14.9 Å². The molecule has 2 N–H and O–H groups in total. The van der Waals surface area contributed by atoms with Crippen LogP contribution in [0.3, 0.4) is 0 Å². The number of ether oxygens (including phenoxy) is 1. The first-order chi connectivity index (χ1) is 7.92. The van der Waals surface area contributed by atoms with Gasteiger partial charge in [0.1, 0.15) is 5.75 Å². The maximum Gasteiger partial charge on any atom is 0.137 e. The highest BCUT2D eigenvalue weighted by Crippen LogP contribution is 2.35. The van der Waals surface area contributed by atoms with E-state index < -0.39 is 5.60 Å². The summed E-state index contributed by atoms with van der Waals surface area (Å²) in [5, 5.41) is 19.7. The van der Waals surface area contributed by atoms with Gasteiger partial charge >= 0.3 is 0 Å². The third kappa shape index (κ3) is 3.35. The predicted octanol–water partition coefficient (Wildman–Crippen LogP) is 2.64. The van der Waals surface area contributed by atoms with Crippen molar-refractivity contribution in [3.05, 3.63) is 28.3 Å². The van der Waals surface area contributed by atoms with E-state index in [-0.39, 0.29) is 6.61 Å². The second-order valence-corrected chi connectivity index (χ2v) is 4.81. The van der Waals surface area contributed by atoms with Crippen molar-refractivity contribution in [2.45, 2.75) is 32.3 Å². The van der Waals surface area contributed by atoms with Crippen molar-refractivity contribution in [1.29, 1.82) is 0 Å². The molecule has 0 bridgehead atoms. The molecule has 4 heteroatoms. The average Bonchev–Trinajstić information content (AvgIpc) is 2.28. The molecule has 96 valence electrons. The molecule has 0 spiro atoms. The molecule has 0 aliphatic carbocycles. The van der Waals surface area contributed by atoms with E-state index in [4.69, 9.17) is 21.4 Å². The van der Waals surface area contributed by atoms with Crippen LogP contribution in [0.1, 0.15) is 30.9 Å². The van der Waals surface area contributed by atoms with Crippen LogP contribution in [0.25, 0.3) is 0 Å². The minimum Gasteiger partial charge on any atom is -0.495 e. The minimum absolute atomic E-state index is 0.0685. The molecule has 1 rings (SSSR count). The molecule has 1 unspecified atom stereocenters. The van der Waals surface area contributed by atoms with E-state index in [0.717, 1.165) is 11.1 Å². The molecule has 1 aromatic carbocycles. The fourth-order valence-electron chi connectivity index (χ4n) is 1.95. The van der Waals surface area contributed by atoms with E-state index in [1.807, 2.05) is 13.0 Å². The van der Waals surface area contributed by atoms with Crippen molar-refractivity contribution in [2.75, 3.05) is 13.7 Å². The highest BCUT2D eigenvalue weighted by Gasteiger charge is 2.25. The molecule has 0 aliphatic rings. The Morgan fingerprint density at radius 1 is 1.41 bits per heavy atom. The number of aliphatic hydroxyl groups excluding tert-OH is 1. The molecule has 0 amide bonds. The Hall–Kier alpha value is -0.770. The topological polar surface area (TPSA) is 49.7 Å². The van der Waals surface area contributed by atoms with Crippen LogP contribution >= 0.6 is 11.6 Å². The highest BCUT2D eigenvalue weighted by molar-refractivity contribution is 6.32. The zero-order valence-corrected chi connectivity index (χ0v) is 11.2. The van der Waals surface area contributed by atoms with Gasteiger partial charge in [0.05, 0.1) is 17.7 Å². The summed E-state index contributed by atoms with van der Waals surface area (Å²) >= 11 is 6.06. The maximum absolute atomic E-state index is 10.4. The Kier molecular flexibility index (Phi) is 4.80.